The molecule has 0 saturated heterocycles. The standard InChI is InChI=1S/C25H29N5O3S/c31-24(26-15-17-4-2-1-3-5-17)18-6-7-19-16-27-25(29-23(19)14-18)28-20-8-10-21(11-9-20)30-34(32,33)22-12-13-22/h1-7,14,16,20-22,30H,8-13,15H2,(H,26,31)(H,27,28,29)/t20-,21-. The molecule has 0 unspecified atom stereocenters. The number of hydrogen-bond donors (Lipinski definition) is 3. The van der Waals surface area contributed by atoms with E-state index >= 15 is 0 Å². The number of rotatable bonds is 8. The van der Waals surface area contributed by atoms with Crippen LogP contribution in [0.2, 0.25) is 0 Å². The van der Waals surface area contributed by atoms with Gasteiger partial charge in [0.1, 0.15) is 0 Å². The van der Waals surface area contributed by atoms with Crippen LogP contribution < -0.4 is 15.4 Å². The van der Waals surface area contributed by atoms with Gasteiger partial charge < -0.3 is 10.6 Å². The lowest BCUT2D eigenvalue weighted by atomic mass is 9.92. The van der Waals surface area contributed by atoms with Crippen molar-refractivity contribution in [3.8, 4) is 0 Å². The van der Waals surface area contributed by atoms with E-state index in [0.29, 0.717) is 23.6 Å². The first-order valence-electron chi connectivity index (χ1n) is 11.8. The maximum atomic E-state index is 12.6. The topological polar surface area (TPSA) is 113 Å². The van der Waals surface area contributed by atoms with Gasteiger partial charge in [0.05, 0.1) is 10.8 Å². The largest absolute Gasteiger partial charge is 0.351 e. The third-order valence-electron chi connectivity index (χ3n) is 6.50. The Bertz CT molecular complexity index is 1270. The molecule has 0 bridgehead atoms. The maximum absolute atomic E-state index is 12.6. The highest BCUT2D eigenvalue weighted by Gasteiger charge is 2.37. The predicted octanol–water partition coefficient (Wildman–Crippen LogP) is 3.36. The first-order chi connectivity index (χ1) is 16.5. The van der Waals surface area contributed by atoms with Crippen LogP contribution in [0.15, 0.2) is 54.7 Å². The minimum absolute atomic E-state index is 0.0122. The summed E-state index contributed by atoms with van der Waals surface area (Å²) in [5.41, 5.74) is 2.30. The van der Waals surface area contributed by atoms with Gasteiger partial charge in [-0.25, -0.2) is 23.1 Å². The molecule has 0 spiro atoms. The van der Waals surface area contributed by atoms with Crippen LogP contribution >= 0.6 is 0 Å². The molecule has 1 aromatic heterocycles. The molecular weight excluding hydrogens is 450 g/mol. The molecule has 3 aromatic rings. The van der Waals surface area contributed by atoms with Crippen LogP contribution in [0, 0.1) is 0 Å². The number of carbonyl (C=O) groups excluding carboxylic acids is 1. The summed E-state index contributed by atoms with van der Waals surface area (Å²) in [5.74, 6) is 0.377. The molecule has 2 aromatic carbocycles. The van der Waals surface area contributed by atoms with E-state index < -0.39 is 10.0 Å². The summed E-state index contributed by atoms with van der Waals surface area (Å²) in [4.78, 5) is 21.7. The molecule has 0 radical (unpaired) electrons. The van der Waals surface area contributed by atoms with Gasteiger partial charge >= 0.3 is 0 Å². The van der Waals surface area contributed by atoms with Gasteiger partial charge in [-0.1, -0.05) is 36.4 Å². The molecule has 0 atom stereocenters. The van der Waals surface area contributed by atoms with Gasteiger partial charge in [-0.3, -0.25) is 4.79 Å². The van der Waals surface area contributed by atoms with Crippen molar-refractivity contribution in [3.05, 3.63) is 65.9 Å². The highest BCUT2D eigenvalue weighted by Crippen LogP contribution is 2.29. The second-order valence-corrected chi connectivity index (χ2v) is 11.2. The number of hydrogen-bond acceptors (Lipinski definition) is 6. The third-order valence-corrected chi connectivity index (χ3v) is 8.51. The van der Waals surface area contributed by atoms with E-state index in [-0.39, 0.29) is 23.2 Å². The molecule has 8 nitrogen and oxygen atoms in total. The smallest absolute Gasteiger partial charge is 0.251 e. The quantitative estimate of drug-likeness (QED) is 0.457. The summed E-state index contributed by atoms with van der Waals surface area (Å²) in [5, 5.41) is 7.01. The fourth-order valence-corrected chi connectivity index (χ4v) is 6.01. The Labute approximate surface area is 199 Å². The summed E-state index contributed by atoms with van der Waals surface area (Å²) in [6.45, 7) is 0.466. The Morgan fingerprint density at radius 1 is 0.941 bits per heavy atom. The summed E-state index contributed by atoms with van der Waals surface area (Å²) in [6, 6.07) is 15.4. The van der Waals surface area contributed by atoms with Crippen LogP contribution in [0.5, 0.6) is 0 Å². The predicted molar refractivity (Wildman–Crippen MR) is 132 cm³/mol. The molecule has 0 aliphatic heterocycles. The summed E-state index contributed by atoms with van der Waals surface area (Å²) in [7, 11) is -3.15. The minimum atomic E-state index is -3.15. The number of anilines is 1. The number of aromatic nitrogens is 2. The summed E-state index contributed by atoms with van der Waals surface area (Å²) in [6.07, 6.45) is 6.60. The molecule has 1 heterocycles. The van der Waals surface area contributed by atoms with E-state index in [0.717, 1.165) is 49.5 Å². The van der Waals surface area contributed by atoms with E-state index in [2.05, 4.69) is 25.3 Å². The molecule has 1 amide bonds. The first kappa shape index (κ1) is 22.7. The highest BCUT2D eigenvalue weighted by atomic mass is 32.2. The number of nitrogens with zero attached hydrogens (tertiary/aromatic N) is 2. The number of benzene rings is 2. The Balaban J connectivity index is 1.18. The Kier molecular flexibility index (Phi) is 6.47. The van der Waals surface area contributed by atoms with Crippen LogP contribution in [0.3, 0.4) is 0 Å². The highest BCUT2D eigenvalue weighted by molar-refractivity contribution is 7.90. The maximum Gasteiger partial charge on any atom is 0.251 e. The van der Waals surface area contributed by atoms with E-state index in [9.17, 15) is 13.2 Å². The monoisotopic (exact) mass is 479 g/mol. The molecule has 2 fully saturated rings. The number of sulfonamides is 1. The van der Waals surface area contributed by atoms with Crippen molar-refractivity contribution in [2.24, 2.45) is 0 Å². The zero-order valence-corrected chi connectivity index (χ0v) is 19.7. The van der Waals surface area contributed by atoms with Crippen molar-refractivity contribution in [2.45, 2.75) is 62.4 Å². The molecular formula is C25H29N5O3S. The summed E-state index contributed by atoms with van der Waals surface area (Å²) >= 11 is 0. The molecule has 2 aliphatic carbocycles. The summed E-state index contributed by atoms with van der Waals surface area (Å²) < 4.78 is 27.2. The van der Waals surface area contributed by atoms with Crippen molar-refractivity contribution < 1.29 is 13.2 Å². The second-order valence-electron chi connectivity index (χ2n) is 9.19. The fraction of sp³-hybridized carbons (Fsp3) is 0.400. The SMILES string of the molecule is O=C(NCc1ccccc1)c1ccc2cnc(N[C@H]3CC[C@H](NS(=O)(=O)C4CC4)CC3)nc2c1. The lowest BCUT2D eigenvalue weighted by Crippen LogP contribution is -2.41. The normalized spacial score (nSPS) is 20.7. The van der Waals surface area contributed by atoms with Crippen LogP contribution in [0.4, 0.5) is 5.95 Å². The third kappa shape index (κ3) is 5.53. The van der Waals surface area contributed by atoms with Crippen molar-refractivity contribution in [1.29, 1.82) is 0 Å². The number of amides is 1. The van der Waals surface area contributed by atoms with Crippen molar-refractivity contribution >= 4 is 32.8 Å². The van der Waals surface area contributed by atoms with Crippen molar-refractivity contribution in [1.82, 2.24) is 20.0 Å². The Morgan fingerprint density at radius 3 is 2.41 bits per heavy atom. The lowest BCUT2D eigenvalue weighted by molar-refractivity contribution is 0.0951. The number of fused-ring (bicyclic) bond motifs is 1. The van der Waals surface area contributed by atoms with Gasteiger partial charge in [0, 0.05) is 35.8 Å². The van der Waals surface area contributed by atoms with E-state index in [1.807, 2.05) is 36.4 Å². The van der Waals surface area contributed by atoms with Gasteiger partial charge in [-0.2, -0.15) is 0 Å². The second kappa shape index (κ2) is 9.68. The molecule has 2 aliphatic rings. The molecule has 3 N–H and O–H groups in total. The first-order valence-corrected chi connectivity index (χ1v) is 13.4. The van der Waals surface area contributed by atoms with Gasteiger partial charge in [-0.05, 0) is 56.2 Å². The van der Waals surface area contributed by atoms with E-state index in [1.54, 1.807) is 18.3 Å². The Hall–Kier alpha value is -3.04. The lowest BCUT2D eigenvalue weighted by Gasteiger charge is -2.29. The molecule has 2 saturated carbocycles. The molecule has 9 heteroatoms. The van der Waals surface area contributed by atoms with Gasteiger partial charge in [0.25, 0.3) is 5.91 Å². The fourth-order valence-electron chi connectivity index (χ4n) is 4.36. The number of carbonyl (C=O) groups is 1. The van der Waals surface area contributed by atoms with E-state index in [1.165, 1.54) is 0 Å². The molecule has 34 heavy (non-hydrogen) atoms. The van der Waals surface area contributed by atoms with Gasteiger partial charge in [0.2, 0.25) is 16.0 Å². The zero-order valence-electron chi connectivity index (χ0n) is 18.9. The minimum Gasteiger partial charge on any atom is -0.351 e. The van der Waals surface area contributed by atoms with Crippen molar-refractivity contribution in [3.63, 3.8) is 0 Å². The van der Waals surface area contributed by atoms with Crippen LogP contribution in [0.1, 0.15) is 54.4 Å². The average molecular weight is 480 g/mol. The van der Waals surface area contributed by atoms with Gasteiger partial charge in [-0.15, -0.1) is 0 Å². The van der Waals surface area contributed by atoms with Crippen LogP contribution in [0.25, 0.3) is 10.9 Å². The van der Waals surface area contributed by atoms with Crippen LogP contribution in [-0.4, -0.2) is 41.6 Å². The van der Waals surface area contributed by atoms with Gasteiger partial charge in [0.15, 0.2) is 0 Å². The van der Waals surface area contributed by atoms with Crippen molar-refractivity contribution in [2.75, 3.05) is 5.32 Å². The molecule has 178 valence electrons. The average Bonchev–Trinajstić information content (AvgIpc) is 3.70. The Morgan fingerprint density at radius 2 is 1.68 bits per heavy atom. The van der Waals surface area contributed by atoms with Crippen LogP contribution in [-0.2, 0) is 16.6 Å². The molecule has 5 rings (SSSR count). The van der Waals surface area contributed by atoms with E-state index in [4.69, 9.17) is 0 Å². The zero-order chi connectivity index (χ0) is 23.5. The number of nitrogens with one attached hydrogen (secondary N) is 3.